The molecule has 0 aliphatic carbocycles. The number of hydrogen-bond donors (Lipinski definition) is 2. The predicted molar refractivity (Wildman–Crippen MR) is 76.6 cm³/mol. The molecule has 0 unspecified atom stereocenters. The summed E-state index contributed by atoms with van der Waals surface area (Å²) in [6, 6.07) is -0.142. The van der Waals surface area contributed by atoms with Gasteiger partial charge in [0.25, 0.3) is 0 Å². The third-order valence-electron chi connectivity index (χ3n) is 3.28. The SMILES string of the molecule is Cc1n[nH]c(C)c1CCN(C)C(=O)Nc1cnn(C)c1. The molecule has 108 valence electrons. The molecule has 2 amide bonds. The van der Waals surface area contributed by atoms with Crippen molar-refractivity contribution in [2.24, 2.45) is 7.05 Å². The highest BCUT2D eigenvalue weighted by molar-refractivity contribution is 5.88. The zero-order chi connectivity index (χ0) is 14.7. The lowest BCUT2D eigenvalue weighted by molar-refractivity contribution is 0.223. The molecule has 0 spiro atoms. The topological polar surface area (TPSA) is 78.8 Å². The van der Waals surface area contributed by atoms with E-state index in [4.69, 9.17) is 0 Å². The van der Waals surface area contributed by atoms with Gasteiger partial charge in [0.1, 0.15) is 0 Å². The van der Waals surface area contributed by atoms with Gasteiger partial charge >= 0.3 is 6.03 Å². The Balaban J connectivity index is 1.88. The van der Waals surface area contributed by atoms with E-state index in [0.29, 0.717) is 12.2 Å². The van der Waals surface area contributed by atoms with Gasteiger partial charge in [0, 0.05) is 32.5 Å². The number of carbonyl (C=O) groups is 1. The van der Waals surface area contributed by atoms with Gasteiger partial charge in [-0.05, 0) is 25.8 Å². The number of likely N-dealkylation sites (N-methyl/N-ethyl adjacent to an activating group) is 1. The van der Waals surface area contributed by atoms with Gasteiger partial charge in [-0.1, -0.05) is 0 Å². The molecule has 2 aromatic rings. The van der Waals surface area contributed by atoms with E-state index >= 15 is 0 Å². The maximum absolute atomic E-state index is 12.0. The summed E-state index contributed by atoms with van der Waals surface area (Å²) in [4.78, 5) is 13.7. The Hall–Kier alpha value is -2.31. The van der Waals surface area contributed by atoms with Gasteiger partial charge in [0.2, 0.25) is 0 Å². The number of nitrogens with one attached hydrogen (secondary N) is 2. The van der Waals surface area contributed by atoms with E-state index in [1.54, 1.807) is 29.0 Å². The van der Waals surface area contributed by atoms with Crippen LogP contribution in [0.15, 0.2) is 12.4 Å². The van der Waals surface area contributed by atoms with E-state index in [1.165, 1.54) is 5.56 Å². The second-order valence-corrected chi connectivity index (χ2v) is 4.92. The number of hydrogen-bond acceptors (Lipinski definition) is 3. The molecule has 2 rings (SSSR count). The Morgan fingerprint density at radius 3 is 2.80 bits per heavy atom. The van der Waals surface area contributed by atoms with Crippen LogP contribution in [0.5, 0.6) is 0 Å². The number of anilines is 1. The fourth-order valence-corrected chi connectivity index (χ4v) is 2.03. The maximum Gasteiger partial charge on any atom is 0.321 e. The van der Waals surface area contributed by atoms with Gasteiger partial charge in [-0.3, -0.25) is 9.78 Å². The van der Waals surface area contributed by atoms with Crippen LogP contribution in [0.3, 0.4) is 0 Å². The number of rotatable bonds is 4. The second-order valence-electron chi connectivity index (χ2n) is 4.92. The van der Waals surface area contributed by atoms with Gasteiger partial charge in [0.05, 0.1) is 17.6 Å². The van der Waals surface area contributed by atoms with E-state index in [1.807, 2.05) is 20.9 Å². The Labute approximate surface area is 118 Å². The van der Waals surface area contributed by atoms with Crippen molar-refractivity contribution in [1.82, 2.24) is 24.9 Å². The summed E-state index contributed by atoms with van der Waals surface area (Å²) in [7, 11) is 3.58. The molecule has 0 saturated carbocycles. The zero-order valence-electron chi connectivity index (χ0n) is 12.3. The standard InChI is InChI=1S/C13H20N6O/c1-9-12(10(2)17-16-9)5-6-18(3)13(20)15-11-7-14-19(4)8-11/h7-8H,5-6H2,1-4H3,(H,15,20)(H,16,17). The number of nitrogens with zero attached hydrogens (tertiary/aromatic N) is 4. The van der Waals surface area contributed by atoms with E-state index in [-0.39, 0.29) is 6.03 Å². The number of H-pyrrole nitrogens is 1. The quantitative estimate of drug-likeness (QED) is 0.887. The van der Waals surface area contributed by atoms with E-state index in [9.17, 15) is 4.79 Å². The van der Waals surface area contributed by atoms with Crippen molar-refractivity contribution in [3.63, 3.8) is 0 Å². The summed E-state index contributed by atoms with van der Waals surface area (Å²) in [5, 5.41) is 13.9. The molecule has 0 atom stereocenters. The summed E-state index contributed by atoms with van der Waals surface area (Å²) >= 11 is 0. The van der Waals surface area contributed by atoms with Crippen LogP contribution in [0.1, 0.15) is 17.0 Å². The normalized spacial score (nSPS) is 10.6. The van der Waals surface area contributed by atoms with E-state index in [2.05, 4.69) is 20.6 Å². The first-order valence-corrected chi connectivity index (χ1v) is 6.48. The molecule has 0 saturated heterocycles. The summed E-state index contributed by atoms with van der Waals surface area (Å²) in [6.07, 6.45) is 4.16. The first-order valence-electron chi connectivity index (χ1n) is 6.48. The Kier molecular flexibility index (Phi) is 4.07. The Bertz CT molecular complexity index is 580. The predicted octanol–water partition coefficient (Wildman–Crippen LogP) is 1.47. The van der Waals surface area contributed by atoms with Crippen molar-refractivity contribution in [2.75, 3.05) is 18.9 Å². The summed E-state index contributed by atoms with van der Waals surface area (Å²) in [5.41, 5.74) is 3.91. The van der Waals surface area contributed by atoms with Crippen molar-refractivity contribution in [3.05, 3.63) is 29.3 Å². The van der Waals surface area contributed by atoms with Gasteiger partial charge in [-0.25, -0.2) is 4.79 Å². The molecule has 20 heavy (non-hydrogen) atoms. The number of urea groups is 1. The largest absolute Gasteiger partial charge is 0.327 e. The van der Waals surface area contributed by atoms with E-state index in [0.717, 1.165) is 17.8 Å². The molecular weight excluding hydrogens is 256 g/mol. The number of amides is 2. The van der Waals surface area contributed by atoms with E-state index < -0.39 is 0 Å². The van der Waals surface area contributed by atoms with Crippen molar-refractivity contribution >= 4 is 11.7 Å². The molecule has 0 radical (unpaired) electrons. The summed E-state index contributed by atoms with van der Waals surface area (Å²) < 4.78 is 1.65. The fourth-order valence-electron chi connectivity index (χ4n) is 2.03. The van der Waals surface area contributed by atoms with Crippen LogP contribution >= 0.6 is 0 Å². The van der Waals surface area contributed by atoms with Crippen LogP contribution in [-0.4, -0.2) is 44.5 Å². The molecule has 7 heteroatoms. The fraction of sp³-hybridized carbons (Fsp3) is 0.462. The zero-order valence-corrected chi connectivity index (χ0v) is 12.3. The molecule has 0 bridgehead atoms. The molecular formula is C13H20N6O. The smallest absolute Gasteiger partial charge is 0.321 e. The van der Waals surface area contributed by atoms with Crippen molar-refractivity contribution in [3.8, 4) is 0 Å². The average Bonchev–Trinajstić information content (AvgIpc) is 2.94. The van der Waals surface area contributed by atoms with Crippen LogP contribution in [0.4, 0.5) is 10.5 Å². The lowest BCUT2D eigenvalue weighted by atomic mass is 10.1. The van der Waals surface area contributed by atoms with Crippen molar-refractivity contribution in [2.45, 2.75) is 20.3 Å². The summed E-state index contributed by atoms with van der Waals surface area (Å²) in [5.74, 6) is 0. The average molecular weight is 276 g/mol. The van der Waals surface area contributed by atoms with Crippen LogP contribution in [0.2, 0.25) is 0 Å². The Morgan fingerprint density at radius 1 is 1.50 bits per heavy atom. The van der Waals surface area contributed by atoms with Gasteiger partial charge < -0.3 is 10.2 Å². The minimum absolute atomic E-state index is 0.142. The second kappa shape index (κ2) is 5.77. The van der Waals surface area contributed by atoms with Crippen LogP contribution in [-0.2, 0) is 13.5 Å². The first-order chi connectivity index (χ1) is 9.47. The lowest BCUT2D eigenvalue weighted by Gasteiger charge is -2.17. The highest BCUT2D eigenvalue weighted by atomic mass is 16.2. The maximum atomic E-state index is 12.0. The molecule has 0 aromatic carbocycles. The molecule has 7 nitrogen and oxygen atoms in total. The molecule has 2 heterocycles. The molecule has 2 N–H and O–H groups in total. The third kappa shape index (κ3) is 3.17. The van der Waals surface area contributed by atoms with Crippen LogP contribution in [0, 0.1) is 13.8 Å². The number of aromatic amines is 1. The third-order valence-corrected chi connectivity index (χ3v) is 3.28. The molecule has 2 aromatic heterocycles. The van der Waals surface area contributed by atoms with Gasteiger partial charge in [-0.15, -0.1) is 0 Å². The lowest BCUT2D eigenvalue weighted by Crippen LogP contribution is -2.33. The molecule has 0 fully saturated rings. The molecule has 0 aliphatic heterocycles. The monoisotopic (exact) mass is 276 g/mol. The van der Waals surface area contributed by atoms with Crippen molar-refractivity contribution in [1.29, 1.82) is 0 Å². The number of aromatic nitrogens is 4. The number of carbonyl (C=O) groups excluding carboxylic acids is 1. The van der Waals surface area contributed by atoms with Gasteiger partial charge in [-0.2, -0.15) is 10.2 Å². The minimum Gasteiger partial charge on any atom is -0.327 e. The minimum atomic E-state index is -0.142. The highest BCUT2D eigenvalue weighted by Gasteiger charge is 2.12. The Morgan fingerprint density at radius 2 is 2.25 bits per heavy atom. The van der Waals surface area contributed by atoms with Crippen LogP contribution in [0.25, 0.3) is 0 Å². The van der Waals surface area contributed by atoms with Gasteiger partial charge in [0.15, 0.2) is 0 Å². The number of aryl methyl sites for hydroxylation is 3. The first kappa shape index (κ1) is 14.1. The molecule has 0 aliphatic rings. The van der Waals surface area contributed by atoms with Crippen LogP contribution < -0.4 is 5.32 Å². The highest BCUT2D eigenvalue weighted by Crippen LogP contribution is 2.11. The summed E-state index contributed by atoms with van der Waals surface area (Å²) in [6.45, 7) is 4.59. The van der Waals surface area contributed by atoms with Crippen molar-refractivity contribution < 1.29 is 4.79 Å².